The van der Waals surface area contributed by atoms with Crippen molar-refractivity contribution in [2.24, 2.45) is 5.73 Å². The molecule has 142 valence electrons. The van der Waals surface area contributed by atoms with Crippen molar-refractivity contribution in [1.82, 2.24) is 5.32 Å². The van der Waals surface area contributed by atoms with Crippen molar-refractivity contribution >= 4 is 33.3 Å². The minimum absolute atomic E-state index is 0.156. The van der Waals surface area contributed by atoms with Crippen LogP contribution in [0.15, 0.2) is 48.5 Å². The first-order chi connectivity index (χ1) is 12.8. The highest BCUT2D eigenvalue weighted by Crippen LogP contribution is 2.24. The molecule has 0 aliphatic carbocycles. The van der Waals surface area contributed by atoms with Crippen molar-refractivity contribution < 1.29 is 18.0 Å². The van der Waals surface area contributed by atoms with Crippen LogP contribution >= 0.6 is 0 Å². The molecule has 27 heavy (non-hydrogen) atoms. The molecule has 0 unspecified atom stereocenters. The Morgan fingerprint density at radius 3 is 2.26 bits per heavy atom. The van der Waals surface area contributed by atoms with Crippen LogP contribution in [-0.2, 0) is 16.6 Å². The first-order valence-corrected chi connectivity index (χ1v) is 10.0. The van der Waals surface area contributed by atoms with Crippen molar-refractivity contribution in [2.75, 3.05) is 21.9 Å². The number of nitrogens with zero attached hydrogens (tertiary/aromatic N) is 1. The summed E-state index contributed by atoms with van der Waals surface area (Å²) >= 11 is 0. The predicted molar refractivity (Wildman–Crippen MR) is 103 cm³/mol. The topological polar surface area (TPSA) is 122 Å². The maximum Gasteiger partial charge on any atom is 0.316 e. The summed E-state index contributed by atoms with van der Waals surface area (Å²) in [6.45, 7) is 0.784. The Morgan fingerprint density at radius 1 is 1.04 bits per heavy atom. The van der Waals surface area contributed by atoms with Gasteiger partial charge < -0.3 is 16.4 Å². The lowest BCUT2D eigenvalue weighted by atomic mass is 10.1. The molecule has 0 bridgehead atoms. The van der Waals surface area contributed by atoms with Gasteiger partial charge in [0.05, 0.1) is 11.4 Å². The van der Waals surface area contributed by atoms with Gasteiger partial charge in [-0.05, 0) is 48.4 Å². The van der Waals surface area contributed by atoms with Crippen LogP contribution in [0.1, 0.15) is 22.3 Å². The number of hydrogen-bond acceptors (Lipinski definition) is 4. The van der Waals surface area contributed by atoms with E-state index in [-0.39, 0.29) is 11.7 Å². The number of sulfonamides is 1. The van der Waals surface area contributed by atoms with E-state index in [1.807, 2.05) is 0 Å². The summed E-state index contributed by atoms with van der Waals surface area (Å²) in [6, 6.07) is 12.8. The summed E-state index contributed by atoms with van der Waals surface area (Å²) in [4.78, 5) is 23.1. The molecule has 1 aliphatic rings. The Balaban J connectivity index is 1.59. The standard InChI is InChI=1S/C18H20N4O4S/c19-18(24)21-15-6-2-13(3-7-15)12-20-17(23)14-4-8-16(9-5-14)22-10-1-11-27(22,25)26/h2-9H,1,10-12H2,(H,20,23)(H3,19,21,24). The molecule has 0 radical (unpaired) electrons. The summed E-state index contributed by atoms with van der Waals surface area (Å²) in [6.07, 6.45) is 0.609. The molecule has 3 amide bonds. The monoisotopic (exact) mass is 388 g/mol. The molecular weight excluding hydrogens is 368 g/mol. The van der Waals surface area contributed by atoms with Gasteiger partial charge in [-0.15, -0.1) is 0 Å². The van der Waals surface area contributed by atoms with Crippen molar-refractivity contribution in [1.29, 1.82) is 0 Å². The molecule has 0 atom stereocenters. The van der Waals surface area contributed by atoms with Crippen LogP contribution in [0.3, 0.4) is 0 Å². The van der Waals surface area contributed by atoms with E-state index < -0.39 is 16.1 Å². The number of carbonyl (C=O) groups excluding carboxylic acids is 2. The van der Waals surface area contributed by atoms with Crippen LogP contribution in [0.25, 0.3) is 0 Å². The fraction of sp³-hybridized carbons (Fsp3) is 0.222. The van der Waals surface area contributed by atoms with Crippen LogP contribution in [0.4, 0.5) is 16.2 Å². The number of nitrogens with two attached hydrogens (primary N) is 1. The van der Waals surface area contributed by atoms with E-state index in [0.29, 0.717) is 36.4 Å². The first-order valence-electron chi connectivity index (χ1n) is 8.39. The van der Waals surface area contributed by atoms with Gasteiger partial charge in [0.1, 0.15) is 0 Å². The van der Waals surface area contributed by atoms with E-state index in [2.05, 4.69) is 10.6 Å². The first kappa shape index (κ1) is 18.7. The Morgan fingerprint density at radius 2 is 1.70 bits per heavy atom. The lowest BCUT2D eigenvalue weighted by Crippen LogP contribution is -2.25. The lowest BCUT2D eigenvalue weighted by Gasteiger charge is -2.17. The van der Waals surface area contributed by atoms with Crippen molar-refractivity contribution in [2.45, 2.75) is 13.0 Å². The molecule has 1 saturated heterocycles. The van der Waals surface area contributed by atoms with Gasteiger partial charge in [-0.25, -0.2) is 13.2 Å². The number of benzene rings is 2. The third-order valence-electron chi connectivity index (χ3n) is 4.19. The molecule has 4 N–H and O–H groups in total. The minimum Gasteiger partial charge on any atom is -0.351 e. The van der Waals surface area contributed by atoms with Gasteiger partial charge in [-0.2, -0.15) is 0 Å². The molecule has 1 aliphatic heterocycles. The second-order valence-corrected chi connectivity index (χ2v) is 8.17. The summed E-state index contributed by atoms with van der Waals surface area (Å²) in [5.74, 6) is -0.103. The molecule has 3 rings (SSSR count). The molecule has 1 heterocycles. The normalized spacial score (nSPS) is 15.3. The van der Waals surface area contributed by atoms with Gasteiger partial charge in [0.25, 0.3) is 5.91 Å². The van der Waals surface area contributed by atoms with Crippen LogP contribution in [0.5, 0.6) is 0 Å². The van der Waals surface area contributed by atoms with Crippen LogP contribution in [0.2, 0.25) is 0 Å². The zero-order valence-electron chi connectivity index (χ0n) is 14.5. The second-order valence-electron chi connectivity index (χ2n) is 6.16. The molecule has 9 heteroatoms. The average molecular weight is 388 g/mol. The minimum atomic E-state index is -3.23. The number of amides is 3. The predicted octanol–water partition coefficient (Wildman–Crippen LogP) is 1.65. The van der Waals surface area contributed by atoms with Crippen LogP contribution in [0, 0.1) is 0 Å². The third-order valence-corrected chi connectivity index (χ3v) is 6.06. The SMILES string of the molecule is NC(=O)Nc1ccc(CNC(=O)c2ccc(N3CCCS3(=O)=O)cc2)cc1. The summed E-state index contributed by atoms with van der Waals surface area (Å²) in [5.41, 5.74) is 7.50. The van der Waals surface area contributed by atoms with Gasteiger partial charge in [0.15, 0.2) is 0 Å². The van der Waals surface area contributed by atoms with Crippen LogP contribution < -0.4 is 20.7 Å². The smallest absolute Gasteiger partial charge is 0.316 e. The van der Waals surface area contributed by atoms with Gasteiger partial charge >= 0.3 is 6.03 Å². The number of anilines is 2. The number of carbonyl (C=O) groups is 2. The maximum atomic E-state index is 12.3. The Bertz CT molecular complexity index is 940. The second kappa shape index (κ2) is 7.67. The molecule has 2 aromatic carbocycles. The van der Waals surface area contributed by atoms with Crippen LogP contribution in [-0.4, -0.2) is 32.7 Å². The van der Waals surface area contributed by atoms with E-state index >= 15 is 0 Å². The number of rotatable bonds is 5. The molecule has 2 aromatic rings. The quantitative estimate of drug-likeness (QED) is 0.721. The molecule has 0 spiro atoms. The Labute approximate surface area is 157 Å². The number of primary amides is 1. The lowest BCUT2D eigenvalue weighted by molar-refractivity contribution is 0.0951. The van der Waals surface area contributed by atoms with E-state index in [1.54, 1.807) is 48.5 Å². The molecule has 0 aromatic heterocycles. The van der Waals surface area contributed by atoms with E-state index in [1.165, 1.54) is 4.31 Å². The van der Waals surface area contributed by atoms with Crippen molar-refractivity contribution in [3.05, 3.63) is 59.7 Å². The highest BCUT2D eigenvalue weighted by molar-refractivity contribution is 7.93. The number of nitrogens with one attached hydrogen (secondary N) is 2. The fourth-order valence-electron chi connectivity index (χ4n) is 2.84. The highest BCUT2D eigenvalue weighted by Gasteiger charge is 2.28. The summed E-state index contributed by atoms with van der Waals surface area (Å²) < 4.78 is 25.3. The summed E-state index contributed by atoms with van der Waals surface area (Å²) in [7, 11) is -3.23. The highest BCUT2D eigenvalue weighted by atomic mass is 32.2. The van der Waals surface area contributed by atoms with Gasteiger partial charge in [-0.1, -0.05) is 12.1 Å². The third kappa shape index (κ3) is 4.56. The van der Waals surface area contributed by atoms with Gasteiger partial charge in [0, 0.05) is 24.3 Å². The number of hydrogen-bond donors (Lipinski definition) is 3. The molecule has 1 fully saturated rings. The fourth-order valence-corrected chi connectivity index (χ4v) is 4.41. The zero-order chi connectivity index (χ0) is 19.4. The average Bonchev–Trinajstić information content (AvgIpc) is 2.99. The molecule has 8 nitrogen and oxygen atoms in total. The van der Waals surface area contributed by atoms with E-state index in [4.69, 9.17) is 5.73 Å². The van der Waals surface area contributed by atoms with Gasteiger partial charge in [0.2, 0.25) is 10.0 Å². The van der Waals surface area contributed by atoms with E-state index in [9.17, 15) is 18.0 Å². The van der Waals surface area contributed by atoms with Gasteiger partial charge in [-0.3, -0.25) is 9.10 Å². The largest absolute Gasteiger partial charge is 0.351 e. The Hall–Kier alpha value is -3.07. The molecular formula is C18H20N4O4S. The van der Waals surface area contributed by atoms with Crippen molar-refractivity contribution in [3.8, 4) is 0 Å². The van der Waals surface area contributed by atoms with E-state index in [0.717, 1.165) is 5.56 Å². The van der Waals surface area contributed by atoms with Crippen molar-refractivity contribution in [3.63, 3.8) is 0 Å². The Kier molecular flexibility index (Phi) is 5.31. The number of urea groups is 1. The summed E-state index contributed by atoms with van der Waals surface area (Å²) in [5, 5.41) is 5.26. The zero-order valence-corrected chi connectivity index (χ0v) is 15.3. The maximum absolute atomic E-state index is 12.3. The molecule has 0 saturated carbocycles.